The Morgan fingerprint density at radius 1 is 1.20 bits per heavy atom. The van der Waals surface area contributed by atoms with E-state index < -0.39 is 12.0 Å². The summed E-state index contributed by atoms with van der Waals surface area (Å²) in [4.78, 5) is 24.2. The van der Waals surface area contributed by atoms with E-state index in [-0.39, 0.29) is 5.91 Å². The molecule has 5 nitrogen and oxygen atoms in total. The second-order valence-electron chi connectivity index (χ2n) is 5.16. The molecule has 0 radical (unpaired) electrons. The minimum Gasteiger partial charge on any atom is -0.493 e. The summed E-state index contributed by atoms with van der Waals surface area (Å²) < 4.78 is 5.53. The zero-order valence-electron chi connectivity index (χ0n) is 12.3. The summed E-state index contributed by atoms with van der Waals surface area (Å²) in [6.45, 7) is 6.20. The Hall–Kier alpha value is -2.04. The van der Waals surface area contributed by atoms with Crippen LogP contribution in [0, 0.1) is 5.92 Å². The third-order valence-corrected chi connectivity index (χ3v) is 2.94. The van der Waals surface area contributed by atoms with E-state index in [1.807, 2.05) is 0 Å². The van der Waals surface area contributed by atoms with E-state index in [1.165, 1.54) is 18.9 Å². The fourth-order valence-electron chi connectivity index (χ4n) is 1.50. The van der Waals surface area contributed by atoms with Crippen molar-refractivity contribution >= 4 is 11.9 Å². The molecule has 0 aliphatic heterocycles. The Morgan fingerprint density at radius 2 is 1.75 bits per heavy atom. The lowest BCUT2D eigenvalue weighted by Gasteiger charge is -2.21. The van der Waals surface area contributed by atoms with Crippen LogP contribution in [0.25, 0.3) is 0 Å². The van der Waals surface area contributed by atoms with E-state index >= 15 is 0 Å². The van der Waals surface area contributed by atoms with E-state index in [1.54, 1.807) is 24.3 Å². The molecule has 110 valence electrons. The highest BCUT2D eigenvalue weighted by Crippen LogP contribution is 2.15. The molecular formula is C15H21NO4. The normalized spacial score (nSPS) is 12.1. The predicted octanol–water partition coefficient (Wildman–Crippen LogP) is 2.27. The molecule has 1 amide bonds. The largest absolute Gasteiger partial charge is 0.493 e. The fourth-order valence-corrected chi connectivity index (χ4v) is 1.50. The maximum atomic E-state index is 12.1. The van der Waals surface area contributed by atoms with Crippen molar-refractivity contribution < 1.29 is 19.4 Å². The van der Waals surface area contributed by atoms with Crippen molar-refractivity contribution in [2.75, 3.05) is 13.7 Å². The van der Waals surface area contributed by atoms with Crippen molar-refractivity contribution in [2.45, 2.75) is 26.8 Å². The number of carboxylic acid groups (broad SMARTS) is 1. The van der Waals surface area contributed by atoms with Crippen molar-refractivity contribution in [2.24, 2.45) is 5.92 Å². The minimum atomic E-state index is -1.03. The molecule has 20 heavy (non-hydrogen) atoms. The third-order valence-electron chi connectivity index (χ3n) is 2.94. The first-order chi connectivity index (χ1) is 9.32. The van der Waals surface area contributed by atoms with E-state index in [4.69, 9.17) is 9.84 Å². The number of likely N-dealkylation sites (N-methyl/N-ethyl adjacent to an activating group) is 1. The van der Waals surface area contributed by atoms with Gasteiger partial charge in [-0.2, -0.15) is 0 Å². The summed E-state index contributed by atoms with van der Waals surface area (Å²) >= 11 is 0. The molecule has 0 saturated carbocycles. The van der Waals surface area contributed by atoms with Crippen LogP contribution in [0.1, 0.15) is 31.1 Å². The van der Waals surface area contributed by atoms with Gasteiger partial charge in [-0.1, -0.05) is 13.8 Å². The summed E-state index contributed by atoms with van der Waals surface area (Å²) in [5, 5.41) is 8.90. The SMILES string of the molecule is CC(C)COc1ccc(C(=O)N(C)C(C)C(=O)O)cc1. The van der Waals surface area contributed by atoms with Crippen LogP contribution in [-0.4, -0.2) is 41.6 Å². The number of carbonyl (C=O) groups is 2. The third kappa shape index (κ3) is 4.26. The number of aliphatic carboxylic acids is 1. The van der Waals surface area contributed by atoms with Gasteiger partial charge in [-0.05, 0) is 37.1 Å². The number of rotatable bonds is 6. The Labute approximate surface area is 119 Å². The molecule has 0 aliphatic carbocycles. The van der Waals surface area contributed by atoms with Crippen molar-refractivity contribution in [3.8, 4) is 5.75 Å². The Bertz CT molecular complexity index is 467. The van der Waals surface area contributed by atoms with Gasteiger partial charge in [-0.3, -0.25) is 4.79 Å². The Balaban J connectivity index is 2.72. The van der Waals surface area contributed by atoms with Crippen molar-refractivity contribution in [1.82, 2.24) is 4.90 Å². The molecule has 0 heterocycles. The zero-order chi connectivity index (χ0) is 15.3. The first kappa shape index (κ1) is 16.0. The summed E-state index contributed by atoms with van der Waals surface area (Å²) in [6, 6.07) is 5.86. The molecule has 0 aromatic heterocycles. The molecule has 0 aliphatic rings. The highest BCUT2D eigenvalue weighted by atomic mass is 16.5. The predicted molar refractivity (Wildman–Crippen MR) is 76.0 cm³/mol. The van der Waals surface area contributed by atoms with Gasteiger partial charge in [0.2, 0.25) is 0 Å². The number of hydrogen-bond acceptors (Lipinski definition) is 3. The van der Waals surface area contributed by atoms with Crippen LogP contribution < -0.4 is 4.74 Å². The van der Waals surface area contributed by atoms with Gasteiger partial charge in [-0.15, -0.1) is 0 Å². The molecule has 1 atom stereocenters. The molecule has 1 unspecified atom stereocenters. The summed E-state index contributed by atoms with van der Waals surface area (Å²) in [5.74, 6) is -0.226. The maximum absolute atomic E-state index is 12.1. The number of carbonyl (C=O) groups excluding carboxylic acids is 1. The number of carboxylic acids is 1. The van der Waals surface area contributed by atoms with Gasteiger partial charge in [0.25, 0.3) is 5.91 Å². The highest BCUT2D eigenvalue weighted by Gasteiger charge is 2.22. The molecule has 0 saturated heterocycles. The second-order valence-corrected chi connectivity index (χ2v) is 5.16. The molecule has 1 aromatic rings. The van der Waals surface area contributed by atoms with Crippen LogP contribution in [0.3, 0.4) is 0 Å². The number of amides is 1. The Morgan fingerprint density at radius 3 is 2.20 bits per heavy atom. The lowest BCUT2D eigenvalue weighted by atomic mass is 10.1. The standard InChI is InChI=1S/C15H21NO4/c1-10(2)9-20-13-7-5-12(6-8-13)14(17)16(4)11(3)15(18)19/h5-8,10-11H,9H2,1-4H3,(H,18,19). The maximum Gasteiger partial charge on any atom is 0.326 e. The summed E-state index contributed by atoms with van der Waals surface area (Å²) in [7, 11) is 1.48. The van der Waals surface area contributed by atoms with Crippen LogP contribution in [0.5, 0.6) is 5.75 Å². The lowest BCUT2D eigenvalue weighted by Crippen LogP contribution is -2.40. The van der Waals surface area contributed by atoms with Crippen LogP contribution in [0.4, 0.5) is 0 Å². The highest BCUT2D eigenvalue weighted by molar-refractivity contribution is 5.96. The van der Waals surface area contributed by atoms with E-state index in [0.29, 0.717) is 23.8 Å². The van der Waals surface area contributed by atoms with Gasteiger partial charge in [-0.25, -0.2) is 4.79 Å². The van der Waals surface area contributed by atoms with Crippen LogP contribution >= 0.6 is 0 Å². The molecule has 5 heteroatoms. The molecule has 0 spiro atoms. The second kappa shape index (κ2) is 6.93. The topological polar surface area (TPSA) is 66.8 Å². The van der Waals surface area contributed by atoms with Crippen molar-refractivity contribution in [1.29, 1.82) is 0 Å². The molecule has 0 bridgehead atoms. The minimum absolute atomic E-state index is 0.324. The molecule has 1 aromatic carbocycles. The van der Waals surface area contributed by atoms with Gasteiger partial charge >= 0.3 is 5.97 Å². The van der Waals surface area contributed by atoms with Gasteiger partial charge < -0.3 is 14.7 Å². The Kier molecular flexibility index (Phi) is 5.55. The number of hydrogen-bond donors (Lipinski definition) is 1. The first-order valence-electron chi connectivity index (χ1n) is 6.55. The van der Waals surface area contributed by atoms with Crippen LogP contribution in [0.2, 0.25) is 0 Å². The first-order valence-corrected chi connectivity index (χ1v) is 6.55. The van der Waals surface area contributed by atoms with Crippen molar-refractivity contribution in [3.05, 3.63) is 29.8 Å². The monoisotopic (exact) mass is 279 g/mol. The van der Waals surface area contributed by atoms with Gasteiger partial charge in [0.15, 0.2) is 0 Å². The summed E-state index contributed by atoms with van der Waals surface area (Å²) in [6.07, 6.45) is 0. The van der Waals surface area contributed by atoms with Gasteiger partial charge in [0, 0.05) is 12.6 Å². The fraction of sp³-hybridized carbons (Fsp3) is 0.467. The van der Waals surface area contributed by atoms with Crippen LogP contribution in [-0.2, 0) is 4.79 Å². The van der Waals surface area contributed by atoms with Gasteiger partial charge in [0.05, 0.1) is 6.61 Å². The summed E-state index contributed by atoms with van der Waals surface area (Å²) in [5.41, 5.74) is 0.442. The molecular weight excluding hydrogens is 258 g/mol. The molecule has 0 fully saturated rings. The van der Waals surface area contributed by atoms with Crippen molar-refractivity contribution in [3.63, 3.8) is 0 Å². The number of benzene rings is 1. The number of nitrogens with zero attached hydrogens (tertiary/aromatic N) is 1. The van der Waals surface area contributed by atoms with Gasteiger partial charge in [0.1, 0.15) is 11.8 Å². The van der Waals surface area contributed by atoms with E-state index in [9.17, 15) is 9.59 Å². The number of ether oxygens (including phenoxy) is 1. The molecule has 1 rings (SSSR count). The van der Waals surface area contributed by atoms with E-state index in [2.05, 4.69) is 13.8 Å². The quantitative estimate of drug-likeness (QED) is 0.867. The smallest absolute Gasteiger partial charge is 0.326 e. The average Bonchev–Trinajstić information content (AvgIpc) is 2.43. The zero-order valence-corrected chi connectivity index (χ0v) is 12.3. The lowest BCUT2D eigenvalue weighted by molar-refractivity contribution is -0.141. The van der Waals surface area contributed by atoms with E-state index in [0.717, 1.165) is 0 Å². The average molecular weight is 279 g/mol. The molecule has 1 N–H and O–H groups in total. The van der Waals surface area contributed by atoms with Crippen LogP contribution in [0.15, 0.2) is 24.3 Å².